The first-order valence-corrected chi connectivity index (χ1v) is 7.58. The quantitative estimate of drug-likeness (QED) is 0.791. The third kappa shape index (κ3) is 3.35. The van der Waals surface area contributed by atoms with Crippen LogP contribution in [0.25, 0.3) is 0 Å². The van der Waals surface area contributed by atoms with Crippen molar-refractivity contribution in [3.63, 3.8) is 0 Å². The molecule has 1 saturated heterocycles. The number of hydrogen-bond donors (Lipinski definition) is 1. The van der Waals surface area contributed by atoms with Gasteiger partial charge in [0.2, 0.25) is 11.8 Å². The maximum absolute atomic E-state index is 12.1. The highest BCUT2D eigenvalue weighted by Crippen LogP contribution is 2.28. The lowest BCUT2D eigenvalue weighted by molar-refractivity contribution is -0.140. The molecule has 0 bridgehead atoms. The van der Waals surface area contributed by atoms with Crippen LogP contribution in [0.15, 0.2) is 0 Å². The van der Waals surface area contributed by atoms with Crippen LogP contribution < -0.4 is 5.32 Å². The van der Waals surface area contributed by atoms with E-state index in [-0.39, 0.29) is 23.9 Å². The fourth-order valence-electron chi connectivity index (χ4n) is 3.41. The van der Waals surface area contributed by atoms with Crippen molar-refractivity contribution in [2.75, 3.05) is 6.54 Å². The van der Waals surface area contributed by atoms with Gasteiger partial charge in [-0.1, -0.05) is 19.8 Å². The molecule has 1 heterocycles. The summed E-state index contributed by atoms with van der Waals surface area (Å²) >= 11 is 0. The van der Waals surface area contributed by atoms with Crippen LogP contribution in [0.5, 0.6) is 0 Å². The van der Waals surface area contributed by atoms with Gasteiger partial charge in [0.1, 0.15) is 0 Å². The predicted molar refractivity (Wildman–Crippen MR) is 74.5 cm³/mol. The van der Waals surface area contributed by atoms with E-state index in [1.54, 1.807) is 0 Å². The summed E-state index contributed by atoms with van der Waals surface area (Å²) < 4.78 is 0. The van der Waals surface area contributed by atoms with Gasteiger partial charge in [-0.2, -0.15) is 0 Å². The summed E-state index contributed by atoms with van der Waals surface area (Å²) in [6.45, 7) is 6.96. The highest BCUT2D eigenvalue weighted by Gasteiger charge is 2.39. The number of carbonyl (C=O) groups is 2. The minimum atomic E-state index is -0.285. The Morgan fingerprint density at radius 1 is 1.32 bits per heavy atom. The Kier molecular flexibility index (Phi) is 4.61. The lowest BCUT2D eigenvalue weighted by Gasteiger charge is -2.27. The van der Waals surface area contributed by atoms with Gasteiger partial charge >= 0.3 is 0 Å². The van der Waals surface area contributed by atoms with Crippen molar-refractivity contribution >= 4 is 11.8 Å². The van der Waals surface area contributed by atoms with Gasteiger partial charge in [0.25, 0.3) is 0 Å². The molecule has 1 aliphatic carbocycles. The molecule has 0 aromatic rings. The molecule has 0 spiro atoms. The summed E-state index contributed by atoms with van der Waals surface area (Å²) in [5.41, 5.74) is 0. The monoisotopic (exact) mass is 266 g/mol. The number of carbonyl (C=O) groups excluding carboxylic acids is 2. The van der Waals surface area contributed by atoms with Crippen LogP contribution in [-0.4, -0.2) is 35.3 Å². The zero-order valence-corrected chi connectivity index (χ0v) is 12.3. The van der Waals surface area contributed by atoms with E-state index in [1.165, 1.54) is 30.6 Å². The number of likely N-dealkylation sites (tertiary alicyclic amines) is 1. The van der Waals surface area contributed by atoms with E-state index in [1.807, 2.05) is 13.8 Å². The highest BCUT2D eigenvalue weighted by molar-refractivity contribution is 6.05. The Morgan fingerprint density at radius 3 is 2.63 bits per heavy atom. The third-order valence-corrected chi connectivity index (χ3v) is 4.40. The molecular formula is C15H26N2O2. The summed E-state index contributed by atoms with van der Waals surface area (Å²) in [7, 11) is 0. The SMILES string of the molecule is CC1CCCC(CNC2CC(=O)N(C(C)C)C2=O)C1. The second-order valence-corrected chi connectivity index (χ2v) is 6.50. The van der Waals surface area contributed by atoms with Crippen molar-refractivity contribution in [3.8, 4) is 0 Å². The lowest BCUT2D eigenvalue weighted by Crippen LogP contribution is -2.43. The molecule has 19 heavy (non-hydrogen) atoms. The van der Waals surface area contributed by atoms with E-state index in [0.29, 0.717) is 12.3 Å². The van der Waals surface area contributed by atoms with Crippen molar-refractivity contribution in [3.05, 3.63) is 0 Å². The van der Waals surface area contributed by atoms with Crippen LogP contribution in [0, 0.1) is 11.8 Å². The number of rotatable bonds is 4. The summed E-state index contributed by atoms with van der Waals surface area (Å²) in [5, 5.41) is 3.32. The highest BCUT2D eigenvalue weighted by atomic mass is 16.2. The molecule has 2 amide bonds. The smallest absolute Gasteiger partial charge is 0.247 e. The number of imide groups is 1. The molecule has 4 nitrogen and oxygen atoms in total. The first kappa shape index (κ1) is 14.5. The summed E-state index contributed by atoms with van der Waals surface area (Å²) in [6, 6.07) is -0.311. The zero-order chi connectivity index (χ0) is 14.0. The molecule has 1 N–H and O–H groups in total. The molecule has 0 aromatic carbocycles. The number of hydrogen-bond acceptors (Lipinski definition) is 3. The number of nitrogens with zero attached hydrogens (tertiary/aromatic N) is 1. The normalized spacial score (nSPS) is 32.4. The molecule has 4 heteroatoms. The van der Waals surface area contributed by atoms with Gasteiger partial charge in [0, 0.05) is 6.04 Å². The van der Waals surface area contributed by atoms with E-state index < -0.39 is 0 Å². The minimum Gasteiger partial charge on any atom is -0.305 e. The first-order chi connectivity index (χ1) is 8.99. The van der Waals surface area contributed by atoms with Crippen LogP contribution >= 0.6 is 0 Å². The zero-order valence-electron chi connectivity index (χ0n) is 12.3. The molecule has 3 atom stereocenters. The maximum Gasteiger partial charge on any atom is 0.247 e. The largest absolute Gasteiger partial charge is 0.305 e. The molecule has 1 aliphatic heterocycles. The minimum absolute atomic E-state index is 0.0264. The van der Waals surface area contributed by atoms with Crippen molar-refractivity contribution in [2.24, 2.45) is 11.8 Å². The fraction of sp³-hybridized carbons (Fsp3) is 0.867. The third-order valence-electron chi connectivity index (χ3n) is 4.40. The van der Waals surface area contributed by atoms with E-state index in [2.05, 4.69) is 12.2 Å². The average molecular weight is 266 g/mol. The van der Waals surface area contributed by atoms with Crippen molar-refractivity contribution in [1.82, 2.24) is 10.2 Å². The molecular weight excluding hydrogens is 240 g/mol. The van der Waals surface area contributed by atoms with E-state index in [4.69, 9.17) is 0 Å². The second-order valence-electron chi connectivity index (χ2n) is 6.50. The number of nitrogens with one attached hydrogen (secondary N) is 1. The van der Waals surface area contributed by atoms with Gasteiger partial charge in [0.15, 0.2) is 0 Å². The van der Waals surface area contributed by atoms with Crippen molar-refractivity contribution in [1.29, 1.82) is 0 Å². The van der Waals surface area contributed by atoms with Crippen molar-refractivity contribution in [2.45, 2.75) is 65.0 Å². The Labute approximate surface area is 115 Å². The van der Waals surface area contributed by atoms with E-state index in [0.717, 1.165) is 12.5 Å². The van der Waals surface area contributed by atoms with Gasteiger partial charge < -0.3 is 5.32 Å². The van der Waals surface area contributed by atoms with E-state index in [9.17, 15) is 9.59 Å². The molecule has 2 rings (SSSR count). The first-order valence-electron chi connectivity index (χ1n) is 7.58. The maximum atomic E-state index is 12.1. The average Bonchev–Trinajstić information content (AvgIpc) is 2.62. The Hall–Kier alpha value is -0.900. The standard InChI is InChI=1S/C15H26N2O2/c1-10(2)17-14(18)8-13(15(17)19)16-9-12-6-4-5-11(3)7-12/h10-13,16H,4-9H2,1-3H3. The molecule has 1 saturated carbocycles. The van der Waals surface area contributed by atoms with Gasteiger partial charge in [0.05, 0.1) is 12.5 Å². The molecule has 2 aliphatic rings. The summed E-state index contributed by atoms with van der Waals surface area (Å²) in [5.74, 6) is 1.40. The fourth-order valence-corrected chi connectivity index (χ4v) is 3.41. The summed E-state index contributed by atoms with van der Waals surface area (Å²) in [6.07, 6.45) is 5.46. The van der Waals surface area contributed by atoms with Gasteiger partial charge in [-0.05, 0) is 45.1 Å². The number of amides is 2. The van der Waals surface area contributed by atoms with Crippen LogP contribution in [0.1, 0.15) is 52.9 Å². The Balaban J connectivity index is 1.83. The Bertz CT molecular complexity index is 354. The van der Waals surface area contributed by atoms with E-state index >= 15 is 0 Å². The second kappa shape index (κ2) is 6.04. The molecule has 108 valence electrons. The molecule has 0 radical (unpaired) electrons. The van der Waals surface area contributed by atoms with Gasteiger partial charge in [-0.3, -0.25) is 14.5 Å². The van der Waals surface area contributed by atoms with Gasteiger partial charge in [-0.25, -0.2) is 0 Å². The van der Waals surface area contributed by atoms with Crippen LogP contribution in [-0.2, 0) is 9.59 Å². The predicted octanol–water partition coefficient (Wildman–Crippen LogP) is 1.94. The Morgan fingerprint density at radius 2 is 2.05 bits per heavy atom. The molecule has 3 unspecified atom stereocenters. The lowest BCUT2D eigenvalue weighted by atomic mass is 9.82. The topological polar surface area (TPSA) is 49.4 Å². The van der Waals surface area contributed by atoms with Crippen LogP contribution in [0.2, 0.25) is 0 Å². The van der Waals surface area contributed by atoms with Crippen LogP contribution in [0.3, 0.4) is 0 Å². The van der Waals surface area contributed by atoms with Crippen LogP contribution in [0.4, 0.5) is 0 Å². The molecule has 2 fully saturated rings. The molecule has 0 aromatic heterocycles. The van der Waals surface area contributed by atoms with Gasteiger partial charge in [-0.15, -0.1) is 0 Å². The van der Waals surface area contributed by atoms with Crippen molar-refractivity contribution < 1.29 is 9.59 Å². The summed E-state index contributed by atoms with van der Waals surface area (Å²) in [4.78, 5) is 25.3.